The average Bonchev–Trinajstić information content (AvgIpc) is 2.62. The van der Waals surface area contributed by atoms with Crippen LogP contribution in [-0.4, -0.2) is 11.9 Å². The van der Waals surface area contributed by atoms with Crippen LogP contribution in [0, 0.1) is 17.3 Å². The van der Waals surface area contributed by atoms with Crippen molar-refractivity contribution in [1.29, 1.82) is 0 Å². The first-order valence-electron chi connectivity index (χ1n) is 5.38. The molecule has 0 bridgehead atoms. The van der Waals surface area contributed by atoms with Gasteiger partial charge in [0.15, 0.2) is 0 Å². The van der Waals surface area contributed by atoms with Crippen LogP contribution in [0.4, 0.5) is 0 Å². The Morgan fingerprint density at radius 1 is 1.50 bits per heavy atom. The van der Waals surface area contributed by atoms with Crippen molar-refractivity contribution in [3.05, 3.63) is 21.9 Å². The zero-order valence-electron chi connectivity index (χ0n) is 9.87. The fraction of sp³-hybridized carbons (Fsp3) is 0.462. The van der Waals surface area contributed by atoms with Crippen molar-refractivity contribution in [3.8, 4) is 11.8 Å². The van der Waals surface area contributed by atoms with Gasteiger partial charge in [-0.25, -0.2) is 0 Å². The second-order valence-corrected chi connectivity index (χ2v) is 5.94. The van der Waals surface area contributed by atoms with E-state index in [1.165, 1.54) is 5.56 Å². The highest BCUT2D eigenvalue weighted by Gasteiger charge is 2.19. The molecule has 0 aromatic carbocycles. The fourth-order valence-corrected chi connectivity index (χ4v) is 2.43. The van der Waals surface area contributed by atoms with Crippen molar-refractivity contribution >= 4 is 17.2 Å². The van der Waals surface area contributed by atoms with Crippen molar-refractivity contribution in [1.82, 2.24) is 0 Å². The van der Waals surface area contributed by atoms with E-state index in [-0.39, 0.29) is 11.5 Å². The van der Waals surface area contributed by atoms with Crippen molar-refractivity contribution < 1.29 is 0 Å². The smallest absolute Gasteiger partial charge is 0.137 e. The van der Waals surface area contributed by atoms with Crippen LogP contribution in [0.15, 0.2) is 16.4 Å². The van der Waals surface area contributed by atoms with Gasteiger partial charge in [0, 0.05) is 11.8 Å². The second-order valence-electron chi connectivity index (χ2n) is 5.03. The number of amidine groups is 1. The summed E-state index contributed by atoms with van der Waals surface area (Å²) in [5, 5.41) is 2.06. The monoisotopic (exact) mass is 232 g/mol. The lowest BCUT2D eigenvalue weighted by Gasteiger charge is -2.15. The molecular weight excluding hydrogens is 216 g/mol. The third-order valence-corrected chi connectivity index (χ3v) is 3.28. The standard InChI is InChI=1S/C13H16N2S/c1-13(2,3)6-4-10-8-9-5-7-16-11(9)12(14)15-10/h5,7,10H,8H2,1-3H3,(H2,14,15). The zero-order valence-corrected chi connectivity index (χ0v) is 10.7. The van der Waals surface area contributed by atoms with E-state index in [2.05, 4.69) is 49.1 Å². The molecular formula is C13H16N2S. The molecule has 0 radical (unpaired) electrons. The number of hydrogen-bond acceptors (Lipinski definition) is 3. The number of nitrogens with two attached hydrogens (primary N) is 1. The first-order valence-corrected chi connectivity index (χ1v) is 6.26. The topological polar surface area (TPSA) is 38.4 Å². The van der Waals surface area contributed by atoms with Crippen LogP contribution in [0.5, 0.6) is 0 Å². The Morgan fingerprint density at radius 3 is 2.94 bits per heavy atom. The highest BCUT2D eigenvalue weighted by molar-refractivity contribution is 7.12. The third kappa shape index (κ3) is 2.45. The third-order valence-electron chi connectivity index (χ3n) is 2.30. The van der Waals surface area contributed by atoms with Crippen LogP contribution in [0.25, 0.3) is 0 Å². The van der Waals surface area contributed by atoms with Crippen LogP contribution in [0.2, 0.25) is 0 Å². The Hall–Kier alpha value is -1.27. The van der Waals surface area contributed by atoms with E-state index in [1.54, 1.807) is 11.3 Å². The van der Waals surface area contributed by atoms with Crippen LogP contribution in [0.3, 0.4) is 0 Å². The molecule has 2 nitrogen and oxygen atoms in total. The molecule has 0 fully saturated rings. The van der Waals surface area contributed by atoms with Gasteiger partial charge in [0.25, 0.3) is 0 Å². The minimum absolute atomic E-state index is 0.0270. The van der Waals surface area contributed by atoms with Gasteiger partial charge < -0.3 is 5.73 Å². The van der Waals surface area contributed by atoms with Crippen molar-refractivity contribution in [2.24, 2.45) is 16.1 Å². The van der Waals surface area contributed by atoms with E-state index in [4.69, 9.17) is 5.73 Å². The maximum absolute atomic E-state index is 5.91. The Bertz CT molecular complexity index is 480. The first-order chi connectivity index (χ1) is 7.46. The Labute approximate surface area is 101 Å². The van der Waals surface area contributed by atoms with Crippen molar-refractivity contribution in [3.63, 3.8) is 0 Å². The molecule has 1 atom stereocenters. The predicted octanol–water partition coefficient (Wildman–Crippen LogP) is 2.43. The zero-order chi connectivity index (χ0) is 11.8. The number of fused-ring (bicyclic) bond motifs is 1. The summed E-state index contributed by atoms with van der Waals surface area (Å²) in [4.78, 5) is 5.55. The van der Waals surface area contributed by atoms with Crippen LogP contribution in [-0.2, 0) is 6.42 Å². The highest BCUT2D eigenvalue weighted by atomic mass is 32.1. The SMILES string of the molecule is CC(C)(C)C#CC1Cc2ccsc2C(N)=N1. The van der Waals surface area contributed by atoms with Gasteiger partial charge in [-0.2, -0.15) is 0 Å². The van der Waals surface area contributed by atoms with Gasteiger partial charge in [-0.3, -0.25) is 4.99 Å². The number of aliphatic imine (C=N–C) groups is 1. The molecule has 84 valence electrons. The number of nitrogens with zero attached hydrogens (tertiary/aromatic N) is 1. The molecule has 0 spiro atoms. The molecule has 2 rings (SSSR count). The Kier molecular flexibility index (Phi) is 2.77. The first kappa shape index (κ1) is 11.2. The molecule has 1 unspecified atom stereocenters. The van der Waals surface area contributed by atoms with E-state index in [0.29, 0.717) is 5.84 Å². The summed E-state index contributed by atoms with van der Waals surface area (Å²) in [6.07, 6.45) is 0.891. The summed E-state index contributed by atoms with van der Waals surface area (Å²) in [6, 6.07) is 2.15. The predicted molar refractivity (Wildman–Crippen MR) is 69.8 cm³/mol. The van der Waals surface area contributed by atoms with Gasteiger partial charge in [0.2, 0.25) is 0 Å². The van der Waals surface area contributed by atoms with Crippen LogP contribution >= 0.6 is 11.3 Å². The maximum Gasteiger partial charge on any atom is 0.137 e. The molecule has 1 aliphatic heterocycles. The lowest BCUT2D eigenvalue weighted by Crippen LogP contribution is -2.24. The summed E-state index contributed by atoms with van der Waals surface area (Å²) in [7, 11) is 0. The summed E-state index contributed by atoms with van der Waals surface area (Å²) in [5.41, 5.74) is 7.22. The molecule has 0 amide bonds. The maximum atomic E-state index is 5.91. The fourth-order valence-electron chi connectivity index (χ4n) is 1.58. The summed E-state index contributed by atoms with van der Waals surface area (Å²) in [5.74, 6) is 7.08. The van der Waals surface area contributed by atoms with E-state index >= 15 is 0 Å². The van der Waals surface area contributed by atoms with Gasteiger partial charge >= 0.3 is 0 Å². The van der Waals surface area contributed by atoms with E-state index in [9.17, 15) is 0 Å². The molecule has 16 heavy (non-hydrogen) atoms. The minimum atomic E-state index is 0.0270. The Morgan fingerprint density at radius 2 is 2.25 bits per heavy atom. The molecule has 1 aromatic heterocycles. The van der Waals surface area contributed by atoms with E-state index < -0.39 is 0 Å². The molecule has 1 aromatic rings. The molecule has 3 heteroatoms. The number of thiophene rings is 1. The minimum Gasteiger partial charge on any atom is -0.383 e. The van der Waals surface area contributed by atoms with Gasteiger partial charge in [-0.15, -0.1) is 11.3 Å². The Balaban J connectivity index is 2.23. The molecule has 2 N–H and O–H groups in total. The van der Waals surface area contributed by atoms with Gasteiger partial charge in [0.1, 0.15) is 11.9 Å². The highest BCUT2D eigenvalue weighted by Crippen LogP contribution is 2.23. The van der Waals surface area contributed by atoms with E-state index in [0.717, 1.165) is 11.3 Å². The van der Waals surface area contributed by atoms with Crippen molar-refractivity contribution in [2.75, 3.05) is 0 Å². The second kappa shape index (κ2) is 3.95. The van der Waals surface area contributed by atoms with Crippen LogP contribution < -0.4 is 5.73 Å². The summed E-state index contributed by atoms with van der Waals surface area (Å²) >= 11 is 1.66. The number of hydrogen-bond donors (Lipinski definition) is 1. The van der Waals surface area contributed by atoms with Gasteiger partial charge in [-0.05, 0) is 37.8 Å². The molecule has 1 aliphatic rings. The number of rotatable bonds is 0. The van der Waals surface area contributed by atoms with E-state index in [1.807, 2.05) is 0 Å². The average molecular weight is 232 g/mol. The lowest BCUT2D eigenvalue weighted by atomic mass is 9.96. The normalized spacial score (nSPS) is 19.4. The van der Waals surface area contributed by atoms with Gasteiger partial charge in [0.05, 0.1) is 4.88 Å². The summed E-state index contributed by atoms with van der Waals surface area (Å²) < 4.78 is 0. The summed E-state index contributed by atoms with van der Waals surface area (Å²) in [6.45, 7) is 6.31. The lowest BCUT2D eigenvalue weighted by molar-refractivity contribution is 0.569. The molecule has 0 aliphatic carbocycles. The quantitative estimate of drug-likeness (QED) is 0.685. The van der Waals surface area contributed by atoms with Gasteiger partial charge in [-0.1, -0.05) is 11.8 Å². The molecule has 0 saturated carbocycles. The molecule has 0 saturated heterocycles. The van der Waals surface area contributed by atoms with Crippen molar-refractivity contribution in [2.45, 2.75) is 33.2 Å². The van der Waals surface area contributed by atoms with Crippen LogP contribution in [0.1, 0.15) is 31.2 Å². The largest absolute Gasteiger partial charge is 0.383 e. The molecule has 2 heterocycles.